The van der Waals surface area contributed by atoms with Crippen LogP contribution in [0.5, 0.6) is 0 Å². The van der Waals surface area contributed by atoms with E-state index in [9.17, 15) is 9.59 Å². The van der Waals surface area contributed by atoms with Crippen molar-refractivity contribution in [2.75, 3.05) is 6.61 Å². The number of nitrogens with one attached hydrogen (secondary N) is 1. The van der Waals surface area contributed by atoms with Gasteiger partial charge in [0.1, 0.15) is 11.8 Å². The third-order valence-electron chi connectivity index (χ3n) is 4.10. The first-order chi connectivity index (χ1) is 11.2. The Balaban J connectivity index is 1.73. The molecule has 6 heteroatoms. The van der Waals surface area contributed by atoms with Gasteiger partial charge in [0.2, 0.25) is 0 Å². The molecule has 1 aliphatic heterocycles. The lowest BCUT2D eigenvalue weighted by Crippen LogP contribution is -2.38. The molecular formula is C17H26N2O4. The van der Waals surface area contributed by atoms with Gasteiger partial charge in [0, 0.05) is 12.8 Å². The highest BCUT2D eigenvalue weighted by Crippen LogP contribution is 2.14. The first-order valence-electron chi connectivity index (χ1n) is 8.62. The van der Waals surface area contributed by atoms with Gasteiger partial charge >= 0.3 is 5.97 Å². The average Bonchev–Trinajstić information content (AvgIpc) is 3.16. The number of amides is 1. The van der Waals surface area contributed by atoms with E-state index in [2.05, 4.69) is 17.2 Å². The fraction of sp³-hybridized carbons (Fsp3) is 0.706. The van der Waals surface area contributed by atoms with Crippen LogP contribution in [0.1, 0.15) is 74.5 Å². The van der Waals surface area contributed by atoms with E-state index >= 15 is 0 Å². The number of ether oxygens (including phenoxy) is 1. The molecule has 0 saturated carbocycles. The lowest BCUT2D eigenvalue weighted by atomic mass is 10.1. The van der Waals surface area contributed by atoms with Crippen LogP contribution < -0.4 is 5.32 Å². The van der Waals surface area contributed by atoms with Crippen molar-refractivity contribution in [1.82, 2.24) is 10.3 Å². The Labute approximate surface area is 137 Å². The molecule has 1 aliphatic rings. The second kappa shape index (κ2) is 9.33. The lowest BCUT2D eigenvalue weighted by Gasteiger charge is -2.08. The Bertz CT molecular complexity index is 512. The Morgan fingerprint density at radius 3 is 2.70 bits per heavy atom. The van der Waals surface area contributed by atoms with Crippen molar-refractivity contribution in [3.05, 3.63) is 17.8 Å². The number of unbranched alkanes of at least 4 members (excludes halogenated alkanes) is 6. The number of cyclic esters (lactones) is 1. The number of carbonyl (C=O) groups excluding carboxylic acids is 2. The largest absolute Gasteiger partial charge is 0.464 e. The molecule has 0 radical (unpaired) electrons. The number of carbonyl (C=O) groups is 2. The highest BCUT2D eigenvalue weighted by Gasteiger charge is 2.29. The zero-order chi connectivity index (χ0) is 16.5. The van der Waals surface area contributed by atoms with Crippen LogP contribution in [0.4, 0.5) is 0 Å². The number of aryl methyl sites for hydroxylation is 1. The van der Waals surface area contributed by atoms with Crippen molar-refractivity contribution in [3.63, 3.8) is 0 Å². The molecule has 0 unspecified atom stereocenters. The third kappa shape index (κ3) is 5.37. The maximum absolute atomic E-state index is 12.2. The van der Waals surface area contributed by atoms with Crippen LogP contribution in [0.15, 0.2) is 10.8 Å². The number of hydrogen-bond acceptors (Lipinski definition) is 5. The molecule has 0 bridgehead atoms. The Kier molecular flexibility index (Phi) is 7.10. The summed E-state index contributed by atoms with van der Waals surface area (Å²) >= 11 is 0. The number of hydrogen-bond donors (Lipinski definition) is 1. The summed E-state index contributed by atoms with van der Waals surface area (Å²) in [6.45, 7) is 2.56. The molecule has 0 aromatic carbocycles. The normalized spacial score (nSPS) is 17.3. The van der Waals surface area contributed by atoms with Gasteiger partial charge in [0.25, 0.3) is 5.91 Å². The monoisotopic (exact) mass is 322 g/mol. The van der Waals surface area contributed by atoms with Gasteiger partial charge in [-0.1, -0.05) is 45.4 Å². The summed E-state index contributed by atoms with van der Waals surface area (Å²) in [4.78, 5) is 27.6. The van der Waals surface area contributed by atoms with Crippen LogP contribution in [0.3, 0.4) is 0 Å². The molecule has 6 nitrogen and oxygen atoms in total. The predicted molar refractivity (Wildman–Crippen MR) is 85.0 cm³/mol. The topological polar surface area (TPSA) is 81.4 Å². The average molecular weight is 322 g/mol. The highest BCUT2D eigenvalue weighted by atomic mass is 16.5. The number of aromatic nitrogens is 1. The Hall–Kier alpha value is -1.85. The first kappa shape index (κ1) is 17.5. The molecule has 1 aromatic heterocycles. The third-order valence-corrected chi connectivity index (χ3v) is 4.10. The number of rotatable bonds is 10. The van der Waals surface area contributed by atoms with Crippen LogP contribution in [0.25, 0.3) is 0 Å². The molecule has 1 saturated heterocycles. The minimum atomic E-state index is -0.564. The summed E-state index contributed by atoms with van der Waals surface area (Å²) in [6, 6.07) is -0.564. The molecule has 1 N–H and O–H groups in total. The minimum Gasteiger partial charge on any atom is -0.464 e. The predicted octanol–water partition coefficient (Wildman–Crippen LogP) is 3.01. The van der Waals surface area contributed by atoms with Gasteiger partial charge in [-0.3, -0.25) is 4.79 Å². The smallest absolute Gasteiger partial charge is 0.328 e. The van der Waals surface area contributed by atoms with E-state index < -0.39 is 6.04 Å². The lowest BCUT2D eigenvalue weighted by molar-refractivity contribution is -0.139. The fourth-order valence-corrected chi connectivity index (χ4v) is 2.73. The Morgan fingerprint density at radius 1 is 1.26 bits per heavy atom. The van der Waals surface area contributed by atoms with Gasteiger partial charge in [-0.2, -0.15) is 0 Å². The van der Waals surface area contributed by atoms with Crippen molar-refractivity contribution < 1.29 is 18.7 Å². The summed E-state index contributed by atoms with van der Waals surface area (Å²) in [6.07, 6.45) is 10.9. The van der Waals surface area contributed by atoms with Crippen LogP contribution in [0.2, 0.25) is 0 Å². The fourth-order valence-electron chi connectivity index (χ4n) is 2.73. The first-order valence-corrected chi connectivity index (χ1v) is 8.62. The zero-order valence-electron chi connectivity index (χ0n) is 13.8. The van der Waals surface area contributed by atoms with Gasteiger partial charge in [0.05, 0.1) is 6.61 Å². The van der Waals surface area contributed by atoms with E-state index in [4.69, 9.17) is 9.15 Å². The van der Waals surface area contributed by atoms with Gasteiger partial charge < -0.3 is 14.5 Å². The molecule has 1 fully saturated rings. The summed E-state index contributed by atoms with van der Waals surface area (Å²) in [5.41, 5.74) is 0.288. The van der Waals surface area contributed by atoms with Crippen molar-refractivity contribution in [2.24, 2.45) is 0 Å². The van der Waals surface area contributed by atoms with Crippen LogP contribution in [-0.2, 0) is 16.0 Å². The van der Waals surface area contributed by atoms with Gasteiger partial charge in [-0.25, -0.2) is 9.78 Å². The SMILES string of the molecule is CCCCCCCCCc1ocnc1C(=O)N[C@H]1CCOC1=O. The van der Waals surface area contributed by atoms with Crippen molar-refractivity contribution in [2.45, 2.75) is 70.8 Å². The van der Waals surface area contributed by atoms with E-state index in [0.717, 1.165) is 12.8 Å². The molecular weight excluding hydrogens is 296 g/mol. The highest BCUT2D eigenvalue weighted by molar-refractivity contribution is 5.96. The standard InChI is InChI=1S/C17H26N2O4/c1-2-3-4-5-6-7-8-9-14-15(18-12-23-14)16(20)19-13-10-11-22-17(13)21/h12-13H,2-11H2,1H3,(H,19,20)/t13-/m0/s1. The molecule has 0 spiro atoms. The van der Waals surface area contributed by atoms with E-state index in [1.165, 1.54) is 38.5 Å². The maximum atomic E-state index is 12.2. The van der Waals surface area contributed by atoms with E-state index in [1.807, 2.05) is 0 Å². The van der Waals surface area contributed by atoms with Crippen molar-refractivity contribution in [3.8, 4) is 0 Å². The molecule has 2 heterocycles. The number of nitrogens with zero attached hydrogens (tertiary/aromatic N) is 1. The number of oxazole rings is 1. The van der Waals surface area contributed by atoms with Gasteiger partial charge in [-0.05, 0) is 6.42 Å². The van der Waals surface area contributed by atoms with Crippen molar-refractivity contribution in [1.29, 1.82) is 0 Å². The summed E-state index contributed by atoms with van der Waals surface area (Å²) < 4.78 is 10.2. The molecule has 1 aromatic rings. The minimum absolute atomic E-state index is 0.288. The second-order valence-corrected chi connectivity index (χ2v) is 5.98. The second-order valence-electron chi connectivity index (χ2n) is 5.98. The summed E-state index contributed by atoms with van der Waals surface area (Å²) in [5, 5.41) is 2.66. The summed E-state index contributed by atoms with van der Waals surface area (Å²) in [7, 11) is 0. The number of esters is 1. The molecule has 23 heavy (non-hydrogen) atoms. The molecule has 2 rings (SSSR count). The van der Waals surface area contributed by atoms with E-state index in [-0.39, 0.29) is 17.6 Å². The molecule has 1 amide bonds. The quantitative estimate of drug-likeness (QED) is 0.529. The van der Waals surface area contributed by atoms with E-state index in [0.29, 0.717) is 25.2 Å². The van der Waals surface area contributed by atoms with Gasteiger partial charge in [0.15, 0.2) is 12.1 Å². The molecule has 1 atom stereocenters. The van der Waals surface area contributed by atoms with Gasteiger partial charge in [-0.15, -0.1) is 0 Å². The Morgan fingerprint density at radius 2 is 2.00 bits per heavy atom. The van der Waals surface area contributed by atoms with Crippen LogP contribution in [0, 0.1) is 0 Å². The van der Waals surface area contributed by atoms with Crippen LogP contribution in [-0.4, -0.2) is 29.5 Å². The molecule has 0 aliphatic carbocycles. The summed E-state index contributed by atoms with van der Waals surface area (Å²) in [5.74, 6) is -0.140. The zero-order valence-corrected chi connectivity index (χ0v) is 13.8. The molecule has 128 valence electrons. The van der Waals surface area contributed by atoms with E-state index in [1.54, 1.807) is 0 Å². The van der Waals surface area contributed by atoms with Crippen LogP contribution >= 0.6 is 0 Å². The van der Waals surface area contributed by atoms with Crippen molar-refractivity contribution >= 4 is 11.9 Å². The maximum Gasteiger partial charge on any atom is 0.328 e.